The summed E-state index contributed by atoms with van der Waals surface area (Å²) in [4.78, 5) is 17.3. The zero-order valence-corrected chi connectivity index (χ0v) is 19.3. The van der Waals surface area contributed by atoms with Crippen LogP contribution in [0.2, 0.25) is 10.0 Å². The lowest BCUT2D eigenvalue weighted by Crippen LogP contribution is -2.46. The highest BCUT2D eigenvalue weighted by atomic mass is 35.5. The molecular weight excluding hydrogens is 429 g/mol. The third-order valence-corrected chi connectivity index (χ3v) is 6.91. The number of aryl methyl sites for hydroxylation is 1. The Morgan fingerprint density at radius 1 is 0.935 bits per heavy atom. The number of nitrogens with one attached hydrogen (secondary N) is 1. The summed E-state index contributed by atoms with van der Waals surface area (Å²) in [6.45, 7) is 5.87. The molecule has 1 saturated heterocycles. The van der Waals surface area contributed by atoms with Crippen LogP contribution < -0.4 is 10.2 Å². The number of rotatable bonds is 7. The summed E-state index contributed by atoms with van der Waals surface area (Å²) in [6, 6.07) is 14.2. The smallest absolute Gasteiger partial charge is 0.247 e. The van der Waals surface area contributed by atoms with Gasteiger partial charge in [0.25, 0.3) is 0 Å². The van der Waals surface area contributed by atoms with E-state index in [1.165, 1.54) is 11.1 Å². The average Bonchev–Trinajstić information content (AvgIpc) is 2.80. The number of fused-ring (bicyclic) bond motifs is 1. The molecule has 4 nitrogen and oxygen atoms in total. The van der Waals surface area contributed by atoms with E-state index in [1.54, 1.807) is 0 Å². The highest BCUT2D eigenvalue weighted by Crippen LogP contribution is 2.28. The van der Waals surface area contributed by atoms with E-state index in [0.717, 1.165) is 76.2 Å². The number of hydrogen-bond donors (Lipinski definition) is 1. The van der Waals surface area contributed by atoms with Crippen molar-refractivity contribution in [3.05, 3.63) is 69.2 Å². The van der Waals surface area contributed by atoms with Gasteiger partial charge in [-0.25, -0.2) is 0 Å². The molecule has 2 aliphatic rings. The summed E-state index contributed by atoms with van der Waals surface area (Å²) in [7, 11) is 0. The monoisotopic (exact) mass is 457 g/mol. The molecule has 1 heterocycles. The van der Waals surface area contributed by atoms with E-state index < -0.39 is 0 Å². The Bertz CT molecular complexity index is 952. The number of anilines is 1. The van der Waals surface area contributed by atoms with Gasteiger partial charge < -0.3 is 10.2 Å². The van der Waals surface area contributed by atoms with Gasteiger partial charge in [-0.3, -0.25) is 9.69 Å². The Morgan fingerprint density at radius 2 is 1.74 bits per heavy atom. The van der Waals surface area contributed by atoms with E-state index in [0.29, 0.717) is 10.0 Å². The molecule has 1 fully saturated rings. The lowest BCUT2D eigenvalue weighted by atomic mass is 9.92. The highest BCUT2D eigenvalue weighted by Gasteiger charge is 2.18. The summed E-state index contributed by atoms with van der Waals surface area (Å²) in [5.74, 6) is 0.0877. The topological polar surface area (TPSA) is 35.6 Å². The van der Waals surface area contributed by atoms with Gasteiger partial charge in [-0.2, -0.15) is 0 Å². The summed E-state index contributed by atoms with van der Waals surface area (Å²) >= 11 is 12.2. The van der Waals surface area contributed by atoms with Gasteiger partial charge in [-0.05, 0) is 67.6 Å². The van der Waals surface area contributed by atoms with Gasteiger partial charge in [0.1, 0.15) is 0 Å². The molecule has 6 heteroatoms. The van der Waals surface area contributed by atoms with Crippen molar-refractivity contribution in [1.82, 2.24) is 10.2 Å². The molecule has 1 amide bonds. The van der Waals surface area contributed by atoms with E-state index >= 15 is 0 Å². The Balaban J connectivity index is 1.13. The molecule has 1 aliphatic carbocycles. The second kappa shape index (κ2) is 10.5. The highest BCUT2D eigenvalue weighted by molar-refractivity contribution is 6.42. The normalized spacial score (nSPS) is 16.6. The molecule has 0 bridgehead atoms. The van der Waals surface area contributed by atoms with E-state index in [-0.39, 0.29) is 5.91 Å². The minimum Gasteiger partial charge on any atom is -0.369 e. The fourth-order valence-electron chi connectivity index (χ4n) is 4.30. The zero-order chi connectivity index (χ0) is 21.6. The first-order chi connectivity index (χ1) is 15.1. The fraction of sp³-hybridized carbons (Fsp3) is 0.400. The number of benzene rings is 2. The molecule has 31 heavy (non-hydrogen) atoms. The van der Waals surface area contributed by atoms with Gasteiger partial charge in [0.05, 0.1) is 10.0 Å². The lowest BCUT2D eigenvalue weighted by Gasteiger charge is -2.36. The molecule has 0 spiro atoms. The number of carbonyl (C=O) groups is 1. The van der Waals surface area contributed by atoms with E-state index in [4.69, 9.17) is 23.2 Å². The van der Waals surface area contributed by atoms with Crippen LogP contribution in [0.25, 0.3) is 6.08 Å². The van der Waals surface area contributed by atoms with Crippen LogP contribution in [-0.2, 0) is 11.2 Å². The largest absolute Gasteiger partial charge is 0.369 e. The first-order valence-corrected chi connectivity index (χ1v) is 11.8. The van der Waals surface area contributed by atoms with E-state index in [1.807, 2.05) is 30.3 Å². The van der Waals surface area contributed by atoms with Crippen LogP contribution in [0.5, 0.6) is 0 Å². The third kappa shape index (κ3) is 5.82. The maximum atomic E-state index is 12.5. The molecule has 0 unspecified atom stereocenters. The molecule has 0 atom stereocenters. The zero-order valence-electron chi connectivity index (χ0n) is 17.7. The second-order valence-corrected chi connectivity index (χ2v) is 9.07. The van der Waals surface area contributed by atoms with Crippen LogP contribution in [0.4, 0.5) is 5.69 Å². The fourth-order valence-corrected chi connectivity index (χ4v) is 4.59. The average molecular weight is 458 g/mol. The van der Waals surface area contributed by atoms with Crippen LogP contribution >= 0.6 is 23.2 Å². The quantitative estimate of drug-likeness (QED) is 0.591. The molecule has 0 radical (unpaired) electrons. The Kier molecular flexibility index (Phi) is 7.54. The Hall–Kier alpha value is -2.01. The van der Waals surface area contributed by atoms with Crippen LogP contribution in [0.3, 0.4) is 0 Å². The number of hydrogen-bond acceptors (Lipinski definition) is 3. The lowest BCUT2D eigenvalue weighted by molar-refractivity contribution is -0.117. The van der Waals surface area contributed by atoms with Crippen LogP contribution in [0, 0.1) is 0 Å². The molecular formula is C25H29Cl2N3O. The minimum atomic E-state index is 0.0877. The van der Waals surface area contributed by atoms with Crippen LogP contribution in [0.1, 0.15) is 30.4 Å². The summed E-state index contributed by atoms with van der Waals surface area (Å²) in [6.07, 6.45) is 5.91. The summed E-state index contributed by atoms with van der Waals surface area (Å²) in [5, 5.41) is 4.31. The van der Waals surface area contributed by atoms with Crippen molar-refractivity contribution in [2.24, 2.45) is 0 Å². The van der Waals surface area contributed by atoms with Crippen molar-refractivity contribution in [2.75, 3.05) is 44.2 Å². The maximum absolute atomic E-state index is 12.5. The van der Waals surface area contributed by atoms with Crippen LogP contribution in [0.15, 0.2) is 48.0 Å². The number of unbranched alkanes of at least 4 members (excludes halogenated alkanes) is 1. The van der Waals surface area contributed by atoms with Crippen molar-refractivity contribution in [1.29, 1.82) is 0 Å². The molecule has 0 aromatic heterocycles. The van der Waals surface area contributed by atoms with E-state index in [9.17, 15) is 4.79 Å². The van der Waals surface area contributed by atoms with Gasteiger partial charge in [0, 0.05) is 44.0 Å². The molecule has 2 aromatic carbocycles. The number of carbonyl (C=O) groups excluding carboxylic acids is 1. The van der Waals surface area contributed by atoms with E-state index in [2.05, 4.69) is 33.3 Å². The molecule has 1 aliphatic heterocycles. The Morgan fingerprint density at radius 3 is 2.55 bits per heavy atom. The third-order valence-electron chi connectivity index (χ3n) is 6.17. The first kappa shape index (κ1) is 22.2. The van der Waals surface area contributed by atoms with Crippen molar-refractivity contribution in [3.8, 4) is 0 Å². The second-order valence-electron chi connectivity index (χ2n) is 8.26. The Labute approximate surface area is 194 Å². The van der Waals surface area contributed by atoms with Gasteiger partial charge in [0.15, 0.2) is 0 Å². The van der Waals surface area contributed by atoms with Gasteiger partial charge in [0.2, 0.25) is 5.91 Å². The van der Waals surface area contributed by atoms with Crippen molar-refractivity contribution < 1.29 is 4.79 Å². The maximum Gasteiger partial charge on any atom is 0.247 e. The molecule has 1 N–H and O–H groups in total. The molecule has 0 saturated carbocycles. The summed E-state index contributed by atoms with van der Waals surface area (Å²) in [5.41, 5.74) is 4.55. The minimum absolute atomic E-state index is 0.0877. The molecule has 164 valence electrons. The van der Waals surface area contributed by atoms with Gasteiger partial charge in [-0.1, -0.05) is 47.5 Å². The number of amides is 1. The summed E-state index contributed by atoms with van der Waals surface area (Å²) < 4.78 is 0. The number of halogens is 2. The predicted molar refractivity (Wildman–Crippen MR) is 130 cm³/mol. The number of nitrogens with zero attached hydrogens (tertiary/aromatic N) is 2. The standard InChI is InChI=1S/C25H29Cl2N3O/c26-23-10-9-22(18-24(23)27)30-15-13-29(14-16-30)12-4-3-11-28-25(31)21-8-7-19-5-1-2-6-20(19)17-21/h1-2,5-6,9-10,17-18H,3-4,7-8,11-16H2,(H,28,31). The molecule has 4 rings (SSSR count). The van der Waals surface area contributed by atoms with Crippen LogP contribution in [-0.4, -0.2) is 50.1 Å². The van der Waals surface area contributed by atoms with Gasteiger partial charge >= 0.3 is 0 Å². The first-order valence-electron chi connectivity index (χ1n) is 11.1. The van der Waals surface area contributed by atoms with Crippen molar-refractivity contribution in [2.45, 2.75) is 25.7 Å². The number of piperazine rings is 1. The van der Waals surface area contributed by atoms with Gasteiger partial charge in [-0.15, -0.1) is 0 Å². The SMILES string of the molecule is O=C(NCCCCN1CCN(c2ccc(Cl)c(Cl)c2)CC1)C1=Cc2ccccc2CC1. The predicted octanol–water partition coefficient (Wildman–Crippen LogP) is 5.04. The van der Waals surface area contributed by atoms with Crippen molar-refractivity contribution >= 4 is 40.9 Å². The molecule has 2 aromatic rings. The van der Waals surface area contributed by atoms with Crippen molar-refractivity contribution in [3.63, 3.8) is 0 Å².